The molecule has 124 valence electrons. The van der Waals surface area contributed by atoms with Crippen LogP contribution in [0.25, 0.3) is 10.1 Å². The highest BCUT2D eigenvalue weighted by Gasteiger charge is 2.41. The molecule has 0 spiro atoms. The summed E-state index contributed by atoms with van der Waals surface area (Å²) in [7, 11) is 0. The summed E-state index contributed by atoms with van der Waals surface area (Å²) in [5.41, 5.74) is -0.594. The third-order valence-corrected chi connectivity index (χ3v) is 5.60. The zero-order chi connectivity index (χ0) is 16.7. The molecule has 0 bridgehead atoms. The lowest BCUT2D eigenvalue weighted by Crippen LogP contribution is -2.44. The normalized spacial score (nSPS) is 16.6. The number of hydrogen-bond acceptors (Lipinski definition) is 5. The van der Waals surface area contributed by atoms with E-state index in [9.17, 15) is 9.18 Å². The third-order valence-electron chi connectivity index (χ3n) is 4.50. The number of aromatic nitrogens is 2. The second-order valence-corrected chi connectivity index (χ2v) is 7.23. The summed E-state index contributed by atoms with van der Waals surface area (Å²) in [6, 6.07) is 6.47. The van der Waals surface area contributed by atoms with Crippen molar-refractivity contribution < 1.29 is 13.7 Å². The Kier molecular flexibility index (Phi) is 3.60. The summed E-state index contributed by atoms with van der Waals surface area (Å²) < 4.78 is 19.7. The smallest absolute Gasteiger partial charge is 0.262 e. The average molecular weight is 345 g/mol. The van der Waals surface area contributed by atoms with Gasteiger partial charge in [0.25, 0.3) is 5.91 Å². The van der Waals surface area contributed by atoms with Gasteiger partial charge in [-0.15, -0.1) is 11.3 Å². The van der Waals surface area contributed by atoms with Crippen molar-refractivity contribution in [3.05, 3.63) is 46.7 Å². The maximum Gasteiger partial charge on any atom is 0.262 e. The predicted molar refractivity (Wildman–Crippen MR) is 88.4 cm³/mol. The first-order valence-corrected chi connectivity index (χ1v) is 8.70. The average Bonchev–Trinajstić information content (AvgIpc) is 3.26. The van der Waals surface area contributed by atoms with Gasteiger partial charge in [0.1, 0.15) is 11.4 Å². The van der Waals surface area contributed by atoms with Crippen LogP contribution in [0.4, 0.5) is 4.39 Å². The second-order valence-electron chi connectivity index (χ2n) is 6.14. The molecule has 24 heavy (non-hydrogen) atoms. The van der Waals surface area contributed by atoms with Crippen LogP contribution in [0.2, 0.25) is 0 Å². The van der Waals surface area contributed by atoms with Crippen molar-refractivity contribution >= 4 is 27.3 Å². The Morgan fingerprint density at radius 1 is 1.38 bits per heavy atom. The molecule has 0 saturated heterocycles. The van der Waals surface area contributed by atoms with Crippen LogP contribution in [-0.4, -0.2) is 16.0 Å². The van der Waals surface area contributed by atoms with E-state index in [2.05, 4.69) is 15.5 Å². The van der Waals surface area contributed by atoms with Gasteiger partial charge >= 0.3 is 0 Å². The van der Waals surface area contributed by atoms with Crippen molar-refractivity contribution in [2.75, 3.05) is 0 Å². The molecule has 0 aliphatic heterocycles. The second kappa shape index (κ2) is 5.66. The minimum absolute atomic E-state index is 0.222. The van der Waals surface area contributed by atoms with E-state index in [0.717, 1.165) is 30.4 Å². The number of nitrogens with one attached hydrogen (secondary N) is 1. The van der Waals surface area contributed by atoms with E-state index in [0.29, 0.717) is 22.0 Å². The minimum atomic E-state index is -0.594. The van der Waals surface area contributed by atoms with Gasteiger partial charge in [-0.25, -0.2) is 4.39 Å². The van der Waals surface area contributed by atoms with Crippen molar-refractivity contribution in [1.82, 2.24) is 15.5 Å². The molecule has 5 nitrogen and oxygen atoms in total. The fourth-order valence-corrected chi connectivity index (χ4v) is 4.26. The Bertz CT molecular complexity index is 912. The fraction of sp³-hybridized carbons (Fsp3) is 0.353. The van der Waals surface area contributed by atoms with Crippen LogP contribution in [0.1, 0.15) is 47.1 Å². The Balaban J connectivity index is 1.66. The van der Waals surface area contributed by atoms with E-state index in [1.807, 2.05) is 6.07 Å². The molecule has 0 unspecified atom stereocenters. The predicted octanol–water partition coefficient (Wildman–Crippen LogP) is 3.93. The number of hydrogen-bond donors (Lipinski definition) is 1. The largest absolute Gasteiger partial charge is 0.340 e. The Morgan fingerprint density at radius 3 is 2.83 bits per heavy atom. The molecule has 1 fully saturated rings. The summed E-state index contributed by atoms with van der Waals surface area (Å²) in [6.45, 7) is 1.73. The number of nitrogens with zero attached hydrogens (tertiary/aromatic N) is 2. The molecule has 1 amide bonds. The van der Waals surface area contributed by atoms with Gasteiger partial charge < -0.3 is 9.84 Å². The van der Waals surface area contributed by atoms with E-state index in [1.54, 1.807) is 19.1 Å². The summed E-state index contributed by atoms with van der Waals surface area (Å²) >= 11 is 1.29. The van der Waals surface area contributed by atoms with Gasteiger partial charge in [0.15, 0.2) is 5.82 Å². The first-order valence-electron chi connectivity index (χ1n) is 7.89. The van der Waals surface area contributed by atoms with Crippen LogP contribution >= 0.6 is 11.3 Å². The Labute approximate surface area is 141 Å². The zero-order valence-electron chi connectivity index (χ0n) is 13.1. The van der Waals surface area contributed by atoms with Crippen molar-refractivity contribution in [1.29, 1.82) is 0 Å². The van der Waals surface area contributed by atoms with E-state index >= 15 is 0 Å². The highest BCUT2D eigenvalue weighted by atomic mass is 32.1. The summed E-state index contributed by atoms with van der Waals surface area (Å²) in [5.74, 6) is 0.472. The molecular formula is C17H16FN3O2S. The molecule has 1 aliphatic rings. The number of aryl methyl sites for hydroxylation is 1. The van der Waals surface area contributed by atoms with Crippen molar-refractivity contribution in [2.24, 2.45) is 0 Å². The van der Waals surface area contributed by atoms with Crippen LogP contribution in [0.3, 0.4) is 0 Å². The number of thiophene rings is 1. The fourth-order valence-electron chi connectivity index (χ4n) is 3.29. The van der Waals surface area contributed by atoms with Gasteiger partial charge in [0, 0.05) is 17.0 Å². The van der Waals surface area contributed by atoms with Gasteiger partial charge in [0.2, 0.25) is 5.89 Å². The number of fused-ring (bicyclic) bond motifs is 1. The summed E-state index contributed by atoms with van der Waals surface area (Å²) in [6.07, 6.45) is 3.54. The molecule has 1 N–H and O–H groups in total. The molecule has 1 aromatic carbocycles. The Morgan fingerprint density at radius 2 is 2.17 bits per heavy atom. The van der Waals surface area contributed by atoms with Crippen LogP contribution in [0.5, 0.6) is 0 Å². The summed E-state index contributed by atoms with van der Waals surface area (Å²) in [4.78, 5) is 17.6. The third kappa shape index (κ3) is 2.49. The van der Waals surface area contributed by atoms with Gasteiger partial charge in [0.05, 0.1) is 4.88 Å². The van der Waals surface area contributed by atoms with Crippen molar-refractivity contribution in [3.63, 3.8) is 0 Å². The van der Waals surface area contributed by atoms with Gasteiger partial charge in [-0.3, -0.25) is 4.79 Å². The van der Waals surface area contributed by atoms with E-state index < -0.39 is 5.54 Å². The van der Waals surface area contributed by atoms with Crippen molar-refractivity contribution in [3.8, 4) is 0 Å². The van der Waals surface area contributed by atoms with E-state index in [-0.39, 0.29) is 11.7 Å². The highest BCUT2D eigenvalue weighted by molar-refractivity contribution is 7.20. The van der Waals surface area contributed by atoms with Crippen LogP contribution < -0.4 is 5.32 Å². The molecular weight excluding hydrogens is 329 g/mol. The minimum Gasteiger partial charge on any atom is -0.340 e. The maximum atomic E-state index is 13.9. The molecule has 3 aromatic rings. The Hall–Kier alpha value is -2.28. The maximum absolute atomic E-state index is 13.9. The standard InChI is InChI=1S/C17H16FN3O2S/c1-10-19-16(21-23-10)17(7-2-3-8-17)20-15(22)14-9-11-12(18)5-4-6-13(11)24-14/h4-6,9H,2-3,7-8H2,1H3,(H,20,22). The molecule has 1 saturated carbocycles. The van der Waals surface area contributed by atoms with Gasteiger partial charge in [-0.2, -0.15) is 4.98 Å². The number of carbonyl (C=O) groups is 1. The van der Waals surface area contributed by atoms with Gasteiger partial charge in [-0.05, 0) is 31.0 Å². The molecule has 0 radical (unpaired) electrons. The molecule has 0 atom stereocenters. The lowest BCUT2D eigenvalue weighted by atomic mass is 9.96. The zero-order valence-corrected chi connectivity index (χ0v) is 14.0. The van der Waals surface area contributed by atoms with Crippen LogP contribution in [0.15, 0.2) is 28.8 Å². The van der Waals surface area contributed by atoms with Gasteiger partial charge in [-0.1, -0.05) is 24.1 Å². The SMILES string of the molecule is Cc1nc(C2(NC(=O)c3cc4c(F)cccc4s3)CCCC2)no1. The van der Waals surface area contributed by atoms with Crippen LogP contribution in [-0.2, 0) is 5.54 Å². The monoisotopic (exact) mass is 345 g/mol. The first-order chi connectivity index (χ1) is 11.6. The number of halogens is 1. The first kappa shape index (κ1) is 15.3. The molecule has 4 rings (SSSR count). The number of amides is 1. The molecule has 2 aromatic heterocycles. The van der Waals surface area contributed by atoms with Crippen molar-refractivity contribution in [2.45, 2.75) is 38.1 Å². The molecule has 7 heteroatoms. The van der Waals surface area contributed by atoms with Crippen LogP contribution in [0, 0.1) is 12.7 Å². The lowest BCUT2D eigenvalue weighted by Gasteiger charge is -2.26. The topological polar surface area (TPSA) is 68.0 Å². The highest BCUT2D eigenvalue weighted by Crippen LogP contribution is 2.38. The number of rotatable bonds is 3. The number of benzene rings is 1. The molecule has 1 aliphatic carbocycles. The van der Waals surface area contributed by atoms with E-state index in [1.165, 1.54) is 17.4 Å². The molecule has 2 heterocycles. The van der Waals surface area contributed by atoms with E-state index in [4.69, 9.17) is 4.52 Å². The number of carbonyl (C=O) groups excluding carboxylic acids is 1. The quantitative estimate of drug-likeness (QED) is 0.781. The lowest BCUT2D eigenvalue weighted by molar-refractivity contribution is 0.0896. The summed E-state index contributed by atoms with van der Waals surface area (Å²) in [5, 5.41) is 7.57.